The van der Waals surface area contributed by atoms with Crippen LogP contribution < -0.4 is 16.4 Å². The van der Waals surface area contributed by atoms with Crippen LogP contribution in [-0.4, -0.2) is 25.5 Å². The fraction of sp³-hybridized carbons (Fsp3) is 0.462. The molecule has 4 nitrogen and oxygen atoms in total. The minimum Gasteiger partial charge on any atom is -0.329 e. The minimum absolute atomic E-state index is 0.120. The molecule has 0 radical (unpaired) electrons. The first-order chi connectivity index (χ1) is 8.29. The zero-order valence-electron chi connectivity index (χ0n) is 9.96. The third-order valence-corrected chi connectivity index (χ3v) is 2.98. The topological polar surface area (TPSA) is 67.1 Å². The van der Waals surface area contributed by atoms with Crippen LogP contribution in [0.25, 0.3) is 0 Å². The number of carbonyl (C=O) groups excluding carboxylic acids is 1. The van der Waals surface area contributed by atoms with Crippen LogP contribution in [0.2, 0.25) is 0 Å². The fourth-order valence-corrected chi connectivity index (χ4v) is 2.05. The average molecular weight is 233 g/mol. The van der Waals surface area contributed by atoms with Crippen molar-refractivity contribution in [2.45, 2.75) is 19.3 Å². The van der Waals surface area contributed by atoms with Gasteiger partial charge in [0.25, 0.3) is 0 Å². The van der Waals surface area contributed by atoms with Crippen molar-refractivity contribution in [3.8, 4) is 0 Å². The molecule has 17 heavy (non-hydrogen) atoms. The van der Waals surface area contributed by atoms with Crippen LogP contribution in [0.5, 0.6) is 0 Å². The predicted octanol–water partition coefficient (Wildman–Crippen LogP) is 0.662. The molecule has 1 heterocycles. The second-order valence-electron chi connectivity index (χ2n) is 4.33. The maximum Gasteiger partial charge on any atom is 0.224 e. The molecule has 0 bridgehead atoms. The van der Waals surface area contributed by atoms with Gasteiger partial charge in [0, 0.05) is 25.2 Å². The maximum absolute atomic E-state index is 11.2. The zero-order valence-corrected chi connectivity index (χ0v) is 9.96. The molecule has 92 valence electrons. The molecule has 4 heteroatoms. The molecular weight excluding hydrogens is 214 g/mol. The number of rotatable bonds is 5. The van der Waals surface area contributed by atoms with Crippen molar-refractivity contribution in [1.82, 2.24) is 5.32 Å². The van der Waals surface area contributed by atoms with Crippen LogP contribution in [0.3, 0.4) is 0 Å². The van der Waals surface area contributed by atoms with Gasteiger partial charge in [-0.15, -0.1) is 0 Å². The molecule has 1 aliphatic heterocycles. The van der Waals surface area contributed by atoms with Gasteiger partial charge in [0.05, 0.1) is 0 Å². The van der Waals surface area contributed by atoms with Gasteiger partial charge in [0.1, 0.15) is 0 Å². The van der Waals surface area contributed by atoms with E-state index in [1.807, 2.05) is 6.07 Å². The van der Waals surface area contributed by atoms with Crippen molar-refractivity contribution in [2.75, 3.05) is 25.0 Å². The molecule has 0 aliphatic carbocycles. The van der Waals surface area contributed by atoms with Crippen molar-refractivity contribution < 1.29 is 4.79 Å². The molecule has 1 aliphatic rings. The van der Waals surface area contributed by atoms with Gasteiger partial charge in [-0.1, -0.05) is 12.1 Å². The Morgan fingerprint density at radius 3 is 3.00 bits per heavy atom. The van der Waals surface area contributed by atoms with Crippen molar-refractivity contribution in [3.63, 3.8) is 0 Å². The summed E-state index contributed by atoms with van der Waals surface area (Å²) < 4.78 is 0. The average Bonchev–Trinajstić information content (AvgIpc) is 2.35. The van der Waals surface area contributed by atoms with Gasteiger partial charge in [-0.05, 0) is 36.6 Å². The van der Waals surface area contributed by atoms with E-state index in [0.717, 1.165) is 31.6 Å². The van der Waals surface area contributed by atoms with Crippen LogP contribution in [0.4, 0.5) is 5.69 Å². The summed E-state index contributed by atoms with van der Waals surface area (Å²) in [5, 5.41) is 6.17. The summed E-state index contributed by atoms with van der Waals surface area (Å²) in [5.41, 5.74) is 8.94. The van der Waals surface area contributed by atoms with Gasteiger partial charge in [-0.2, -0.15) is 0 Å². The third-order valence-electron chi connectivity index (χ3n) is 2.98. The summed E-state index contributed by atoms with van der Waals surface area (Å²) in [6, 6.07) is 6.28. The van der Waals surface area contributed by atoms with E-state index < -0.39 is 0 Å². The highest BCUT2D eigenvalue weighted by atomic mass is 16.1. The smallest absolute Gasteiger partial charge is 0.224 e. The number of benzene rings is 1. The number of nitrogens with two attached hydrogens (primary N) is 1. The first-order valence-corrected chi connectivity index (χ1v) is 6.12. The second-order valence-corrected chi connectivity index (χ2v) is 4.33. The summed E-state index contributed by atoms with van der Waals surface area (Å²) in [7, 11) is 0. The highest BCUT2D eigenvalue weighted by Gasteiger charge is 2.14. The number of fused-ring (bicyclic) bond motifs is 1. The van der Waals surface area contributed by atoms with Crippen molar-refractivity contribution >= 4 is 11.6 Å². The maximum atomic E-state index is 11.2. The largest absolute Gasteiger partial charge is 0.329 e. The van der Waals surface area contributed by atoms with Crippen molar-refractivity contribution in [3.05, 3.63) is 29.3 Å². The van der Waals surface area contributed by atoms with Gasteiger partial charge in [0.2, 0.25) is 5.91 Å². The number of hydrogen-bond acceptors (Lipinski definition) is 3. The van der Waals surface area contributed by atoms with Crippen LogP contribution in [0.15, 0.2) is 18.2 Å². The van der Waals surface area contributed by atoms with Gasteiger partial charge in [-0.3, -0.25) is 4.79 Å². The summed E-state index contributed by atoms with van der Waals surface area (Å²) in [5.74, 6) is 0.120. The molecule has 0 aromatic heterocycles. The van der Waals surface area contributed by atoms with Gasteiger partial charge >= 0.3 is 0 Å². The Hall–Kier alpha value is -1.39. The Bertz CT molecular complexity index is 404. The van der Waals surface area contributed by atoms with Crippen LogP contribution in [0.1, 0.15) is 17.5 Å². The highest BCUT2D eigenvalue weighted by molar-refractivity contribution is 5.93. The van der Waals surface area contributed by atoms with E-state index in [0.29, 0.717) is 13.0 Å². The molecule has 0 atom stereocenters. The zero-order chi connectivity index (χ0) is 12.1. The molecule has 0 spiro atoms. The minimum atomic E-state index is 0.120. The first kappa shape index (κ1) is 12.1. The van der Waals surface area contributed by atoms with E-state index in [9.17, 15) is 4.79 Å². The van der Waals surface area contributed by atoms with E-state index in [2.05, 4.69) is 22.8 Å². The molecule has 2 rings (SSSR count). The second kappa shape index (κ2) is 5.80. The Balaban J connectivity index is 1.94. The molecular formula is C13H19N3O. The number of anilines is 1. The number of aryl methyl sites for hydroxylation is 1. The lowest BCUT2D eigenvalue weighted by atomic mass is 9.99. The SMILES string of the molecule is NCCNCCc1ccc2c(c1)CCC(=O)N2. The molecule has 0 unspecified atom stereocenters. The van der Waals surface area contributed by atoms with Crippen molar-refractivity contribution in [1.29, 1.82) is 0 Å². The summed E-state index contributed by atoms with van der Waals surface area (Å²) in [4.78, 5) is 11.2. The lowest BCUT2D eigenvalue weighted by Crippen LogP contribution is -2.24. The van der Waals surface area contributed by atoms with Gasteiger partial charge in [-0.25, -0.2) is 0 Å². The van der Waals surface area contributed by atoms with Gasteiger partial charge < -0.3 is 16.4 Å². The number of nitrogens with one attached hydrogen (secondary N) is 2. The molecule has 4 N–H and O–H groups in total. The summed E-state index contributed by atoms with van der Waals surface area (Å²) >= 11 is 0. The number of hydrogen-bond donors (Lipinski definition) is 3. The Kier molecular flexibility index (Phi) is 4.12. The summed E-state index contributed by atoms with van der Waals surface area (Å²) in [6.07, 6.45) is 2.45. The first-order valence-electron chi connectivity index (χ1n) is 6.12. The monoisotopic (exact) mass is 233 g/mol. The normalized spacial score (nSPS) is 14.3. The van der Waals surface area contributed by atoms with Crippen molar-refractivity contribution in [2.24, 2.45) is 5.73 Å². The van der Waals surface area contributed by atoms with E-state index in [1.54, 1.807) is 0 Å². The van der Waals surface area contributed by atoms with E-state index in [-0.39, 0.29) is 5.91 Å². The van der Waals surface area contributed by atoms with E-state index in [1.165, 1.54) is 11.1 Å². The highest BCUT2D eigenvalue weighted by Crippen LogP contribution is 2.23. The Labute approximate surface area is 102 Å². The van der Waals surface area contributed by atoms with Crippen LogP contribution >= 0.6 is 0 Å². The standard InChI is InChI=1S/C13H19N3O/c14-6-8-15-7-5-10-1-3-12-11(9-10)2-4-13(17)16-12/h1,3,9,15H,2,4-8,14H2,(H,16,17). The van der Waals surface area contributed by atoms with E-state index in [4.69, 9.17) is 5.73 Å². The molecule has 0 saturated carbocycles. The Morgan fingerprint density at radius 1 is 1.29 bits per heavy atom. The number of carbonyl (C=O) groups is 1. The predicted molar refractivity (Wildman–Crippen MR) is 69.0 cm³/mol. The molecule has 1 aromatic rings. The molecule has 1 amide bonds. The fourth-order valence-electron chi connectivity index (χ4n) is 2.05. The Morgan fingerprint density at radius 2 is 2.18 bits per heavy atom. The van der Waals surface area contributed by atoms with Crippen LogP contribution in [-0.2, 0) is 17.6 Å². The lowest BCUT2D eigenvalue weighted by molar-refractivity contribution is -0.116. The lowest BCUT2D eigenvalue weighted by Gasteiger charge is -2.17. The molecule has 0 saturated heterocycles. The summed E-state index contributed by atoms with van der Waals surface area (Å²) in [6.45, 7) is 2.49. The quantitative estimate of drug-likeness (QED) is 0.655. The third kappa shape index (κ3) is 3.28. The number of amides is 1. The van der Waals surface area contributed by atoms with Crippen LogP contribution in [0, 0.1) is 0 Å². The molecule has 0 fully saturated rings. The van der Waals surface area contributed by atoms with Gasteiger partial charge in [0.15, 0.2) is 0 Å². The van der Waals surface area contributed by atoms with E-state index >= 15 is 0 Å². The molecule has 1 aromatic carbocycles.